The Morgan fingerprint density at radius 2 is 2.05 bits per heavy atom. The molecule has 0 spiro atoms. The minimum Gasteiger partial charge on any atom is -0.370 e. The van der Waals surface area contributed by atoms with E-state index in [0.29, 0.717) is 12.0 Å². The summed E-state index contributed by atoms with van der Waals surface area (Å²) in [6.07, 6.45) is 5.39. The van der Waals surface area contributed by atoms with Crippen molar-refractivity contribution in [1.82, 2.24) is 15.3 Å². The molecule has 1 aliphatic heterocycles. The summed E-state index contributed by atoms with van der Waals surface area (Å²) < 4.78 is 0. The van der Waals surface area contributed by atoms with Gasteiger partial charge in [-0.2, -0.15) is 9.97 Å². The first-order valence-corrected chi connectivity index (χ1v) is 7.55. The van der Waals surface area contributed by atoms with Crippen LogP contribution in [0, 0.1) is 5.92 Å². The first kappa shape index (κ1) is 13.4. The quantitative estimate of drug-likeness (QED) is 0.746. The smallest absolute Gasteiger partial charge is 0.223 e. The van der Waals surface area contributed by atoms with E-state index in [0.717, 1.165) is 37.2 Å². The molecule has 1 saturated heterocycles. The molecule has 0 unspecified atom stereocenters. The van der Waals surface area contributed by atoms with E-state index in [1.807, 2.05) is 13.1 Å². The average Bonchev–Trinajstić information content (AvgIpc) is 2.88. The number of anilines is 3. The highest BCUT2D eigenvalue weighted by Gasteiger charge is 2.26. The van der Waals surface area contributed by atoms with Gasteiger partial charge in [-0.25, -0.2) is 0 Å². The summed E-state index contributed by atoms with van der Waals surface area (Å²) in [4.78, 5) is 10.8. The Balaban J connectivity index is 1.61. The van der Waals surface area contributed by atoms with Crippen LogP contribution in [0.4, 0.5) is 17.6 Å². The SMILES string of the molecule is CNC1CN(c2cc(NCC3CCCC3)nc(N)n2)C1. The molecule has 0 aromatic carbocycles. The first-order valence-electron chi connectivity index (χ1n) is 7.55. The van der Waals surface area contributed by atoms with E-state index in [1.54, 1.807) is 0 Å². The zero-order chi connectivity index (χ0) is 13.9. The summed E-state index contributed by atoms with van der Waals surface area (Å²) in [7, 11) is 1.99. The van der Waals surface area contributed by atoms with E-state index in [4.69, 9.17) is 5.73 Å². The Morgan fingerprint density at radius 3 is 2.75 bits per heavy atom. The maximum absolute atomic E-state index is 5.82. The number of nitrogens with zero attached hydrogens (tertiary/aromatic N) is 3. The number of rotatable bonds is 5. The van der Waals surface area contributed by atoms with Gasteiger partial charge < -0.3 is 21.3 Å². The number of nitrogens with one attached hydrogen (secondary N) is 2. The minimum absolute atomic E-state index is 0.351. The molecule has 2 heterocycles. The highest BCUT2D eigenvalue weighted by atomic mass is 15.3. The van der Waals surface area contributed by atoms with Crippen molar-refractivity contribution in [1.29, 1.82) is 0 Å². The lowest BCUT2D eigenvalue weighted by molar-refractivity contribution is 0.447. The van der Waals surface area contributed by atoms with E-state index < -0.39 is 0 Å². The predicted molar refractivity (Wildman–Crippen MR) is 82.0 cm³/mol. The molecule has 6 nitrogen and oxygen atoms in total. The second-order valence-electron chi connectivity index (χ2n) is 5.89. The van der Waals surface area contributed by atoms with Crippen LogP contribution in [-0.4, -0.2) is 42.7 Å². The third kappa shape index (κ3) is 2.95. The highest BCUT2D eigenvalue weighted by Crippen LogP contribution is 2.26. The summed E-state index contributed by atoms with van der Waals surface area (Å²) in [5.41, 5.74) is 5.82. The molecule has 4 N–H and O–H groups in total. The number of hydrogen-bond donors (Lipinski definition) is 3. The van der Waals surface area contributed by atoms with Gasteiger partial charge in [0, 0.05) is 31.7 Å². The number of hydrogen-bond acceptors (Lipinski definition) is 6. The molecule has 3 rings (SSSR count). The number of likely N-dealkylation sites (N-methyl/N-ethyl adjacent to an activating group) is 1. The summed E-state index contributed by atoms with van der Waals surface area (Å²) >= 11 is 0. The second kappa shape index (κ2) is 5.83. The van der Waals surface area contributed by atoms with E-state index >= 15 is 0 Å². The Morgan fingerprint density at radius 1 is 1.30 bits per heavy atom. The number of nitrogen functional groups attached to an aromatic ring is 1. The van der Waals surface area contributed by atoms with E-state index in [-0.39, 0.29) is 0 Å². The van der Waals surface area contributed by atoms with Crippen molar-refractivity contribution in [3.8, 4) is 0 Å². The van der Waals surface area contributed by atoms with Gasteiger partial charge in [-0.15, -0.1) is 0 Å². The number of aromatic nitrogens is 2. The van der Waals surface area contributed by atoms with E-state index in [1.165, 1.54) is 25.7 Å². The van der Waals surface area contributed by atoms with Crippen LogP contribution in [0.15, 0.2) is 6.07 Å². The normalized spacial score (nSPS) is 20.1. The van der Waals surface area contributed by atoms with Gasteiger partial charge in [0.05, 0.1) is 0 Å². The van der Waals surface area contributed by atoms with Gasteiger partial charge in [-0.05, 0) is 25.8 Å². The maximum atomic E-state index is 5.82. The monoisotopic (exact) mass is 276 g/mol. The van der Waals surface area contributed by atoms with Crippen LogP contribution in [0.3, 0.4) is 0 Å². The predicted octanol–water partition coefficient (Wildman–Crippen LogP) is 1.07. The standard InChI is InChI=1S/C14H24N6/c1-16-11-8-20(9-11)13-6-12(18-14(15)19-13)17-7-10-4-2-3-5-10/h6,10-11,16H,2-5,7-9H2,1H3,(H3,15,17,18,19). The second-order valence-corrected chi connectivity index (χ2v) is 5.89. The molecule has 0 bridgehead atoms. The van der Waals surface area contributed by atoms with Gasteiger partial charge in [0.15, 0.2) is 0 Å². The summed E-state index contributed by atoms with van der Waals surface area (Å²) in [6, 6.07) is 2.57. The van der Waals surface area contributed by atoms with Crippen molar-refractivity contribution in [2.75, 3.05) is 42.6 Å². The zero-order valence-electron chi connectivity index (χ0n) is 12.1. The number of nitrogens with two attached hydrogens (primary N) is 1. The molecule has 1 aromatic rings. The molecule has 1 aliphatic carbocycles. The van der Waals surface area contributed by atoms with Crippen molar-refractivity contribution in [2.45, 2.75) is 31.7 Å². The van der Waals surface area contributed by atoms with Gasteiger partial charge >= 0.3 is 0 Å². The molecule has 2 aliphatic rings. The van der Waals surface area contributed by atoms with E-state index in [2.05, 4.69) is 25.5 Å². The van der Waals surface area contributed by atoms with Gasteiger partial charge in [-0.3, -0.25) is 0 Å². The van der Waals surface area contributed by atoms with Gasteiger partial charge in [-0.1, -0.05) is 12.8 Å². The van der Waals surface area contributed by atoms with Crippen molar-refractivity contribution in [3.63, 3.8) is 0 Å². The van der Waals surface area contributed by atoms with Gasteiger partial charge in [0.25, 0.3) is 0 Å². The average molecular weight is 276 g/mol. The molecular formula is C14H24N6. The van der Waals surface area contributed by atoms with Crippen LogP contribution >= 0.6 is 0 Å². The Kier molecular flexibility index (Phi) is 3.91. The lowest BCUT2D eigenvalue weighted by Gasteiger charge is -2.40. The maximum Gasteiger partial charge on any atom is 0.223 e. The van der Waals surface area contributed by atoms with Crippen LogP contribution in [0.25, 0.3) is 0 Å². The fourth-order valence-electron chi connectivity index (χ4n) is 3.02. The van der Waals surface area contributed by atoms with E-state index in [9.17, 15) is 0 Å². The molecule has 0 radical (unpaired) electrons. The van der Waals surface area contributed by atoms with Crippen molar-refractivity contribution in [3.05, 3.63) is 6.07 Å². The molecule has 20 heavy (non-hydrogen) atoms. The molecule has 0 amide bonds. The molecule has 0 atom stereocenters. The lowest BCUT2D eigenvalue weighted by atomic mass is 10.1. The van der Waals surface area contributed by atoms with Gasteiger partial charge in [0.2, 0.25) is 5.95 Å². The Hall–Kier alpha value is -1.56. The Labute approximate surface area is 120 Å². The molecule has 110 valence electrons. The minimum atomic E-state index is 0.351. The largest absolute Gasteiger partial charge is 0.370 e. The van der Waals surface area contributed by atoms with Crippen molar-refractivity contribution >= 4 is 17.6 Å². The summed E-state index contributed by atoms with van der Waals surface area (Å²) in [6.45, 7) is 2.96. The summed E-state index contributed by atoms with van der Waals surface area (Å²) in [5, 5.41) is 6.68. The lowest BCUT2D eigenvalue weighted by Crippen LogP contribution is -2.57. The van der Waals surface area contributed by atoms with Crippen LogP contribution in [0.2, 0.25) is 0 Å². The molecule has 1 aromatic heterocycles. The third-order valence-electron chi connectivity index (χ3n) is 4.39. The fourth-order valence-corrected chi connectivity index (χ4v) is 3.02. The van der Waals surface area contributed by atoms with Crippen molar-refractivity contribution in [2.24, 2.45) is 5.92 Å². The van der Waals surface area contributed by atoms with Gasteiger partial charge in [0.1, 0.15) is 11.6 Å². The molecule has 1 saturated carbocycles. The highest BCUT2D eigenvalue weighted by molar-refractivity contribution is 5.54. The first-order chi connectivity index (χ1) is 9.74. The Bertz CT molecular complexity index is 451. The van der Waals surface area contributed by atoms with Crippen LogP contribution in [0.5, 0.6) is 0 Å². The molecule has 6 heteroatoms. The van der Waals surface area contributed by atoms with Crippen LogP contribution in [0.1, 0.15) is 25.7 Å². The van der Waals surface area contributed by atoms with Crippen LogP contribution < -0.4 is 21.3 Å². The van der Waals surface area contributed by atoms with Crippen molar-refractivity contribution < 1.29 is 0 Å². The van der Waals surface area contributed by atoms with Crippen LogP contribution in [-0.2, 0) is 0 Å². The molecule has 2 fully saturated rings. The topological polar surface area (TPSA) is 79.1 Å². The molecular weight excluding hydrogens is 252 g/mol. The fraction of sp³-hybridized carbons (Fsp3) is 0.714. The summed E-state index contributed by atoms with van der Waals surface area (Å²) in [5.74, 6) is 2.92. The third-order valence-corrected chi connectivity index (χ3v) is 4.39. The zero-order valence-corrected chi connectivity index (χ0v) is 12.1.